The Balaban J connectivity index is 2.94. The van der Waals surface area contributed by atoms with Gasteiger partial charge in [-0.25, -0.2) is 4.98 Å². The lowest BCUT2D eigenvalue weighted by Gasteiger charge is -2.21. The summed E-state index contributed by atoms with van der Waals surface area (Å²) in [6.07, 6.45) is 0. The lowest BCUT2D eigenvalue weighted by atomic mass is 10.2. The molecule has 3 nitrogen and oxygen atoms in total. The Kier molecular flexibility index (Phi) is 2.45. The van der Waals surface area contributed by atoms with Gasteiger partial charge in [0.1, 0.15) is 5.60 Å². The fourth-order valence-corrected chi connectivity index (χ4v) is 0.915. The van der Waals surface area contributed by atoms with Gasteiger partial charge >= 0.3 is 0 Å². The van der Waals surface area contributed by atoms with Crippen molar-refractivity contribution in [1.29, 1.82) is 0 Å². The Labute approximate surface area is 78.9 Å². The Morgan fingerprint density at radius 2 is 1.92 bits per heavy atom. The number of nitrogens with two attached hydrogens (primary N) is 1. The highest BCUT2D eigenvalue weighted by Gasteiger charge is 2.14. The van der Waals surface area contributed by atoms with Crippen molar-refractivity contribution in [2.45, 2.75) is 33.3 Å². The summed E-state index contributed by atoms with van der Waals surface area (Å²) in [5.74, 6) is 0.521. The third-order valence-electron chi connectivity index (χ3n) is 1.43. The number of ether oxygens (including phenoxy) is 1. The summed E-state index contributed by atoms with van der Waals surface area (Å²) < 4.78 is 5.58. The monoisotopic (exact) mass is 180 g/mol. The second kappa shape index (κ2) is 3.24. The first kappa shape index (κ1) is 9.84. The zero-order valence-corrected chi connectivity index (χ0v) is 8.59. The number of nitrogen functional groups attached to an aromatic ring is 1. The maximum absolute atomic E-state index is 5.71. The van der Waals surface area contributed by atoms with Crippen LogP contribution in [0.25, 0.3) is 0 Å². The summed E-state index contributed by atoms with van der Waals surface area (Å²) in [5, 5.41) is 0. The van der Waals surface area contributed by atoms with E-state index in [1.54, 1.807) is 0 Å². The van der Waals surface area contributed by atoms with Crippen LogP contribution in [0, 0.1) is 6.92 Å². The molecule has 0 aliphatic heterocycles. The normalized spacial score (nSPS) is 11.4. The van der Waals surface area contributed by atoms with Crippen LogP contribution in [0.2, 0.25) is 0 Å². The fourth-order valence-electron chi connectivity index (χ4n) is 0.915. The summed E-state index contributed by atoms with van der Waals surface area (Å²) in [7, 11) is 0. The van der Waals surface area contributed by atoms with E-state index in [1.807, 2.05) is 39.8 Å². The molecule has 0 radical (unpaired) electrons. The highest BCUT2D eigenvalue weighted by Crippen LogP contribution is 2.22. The van der Waals surface area contributed by atoms with E-state index in [0.29, 0.717) is 11.6 Å². The van der Waals surface area contributed by atoms with Crippen LogP contribution in [0.4, 0.5) is 5.69 Å². The van der Waals surface area contributed by atoms with Crippen LogP contribution in [-0.4, -0.2) is 10.6 Å². The quantitative estimate of drug-likeness (QED) is 0.720. The molecule has 72 valence electrons. The summed E-state index contributed by atoms with van der Waals surface area (Å²) in [6, 6.07) is 3.67. The van der Waals surface area contributed by atoms with Crippen LogP contribution in [0.3, 0.4) is 0 Å². The molecule has 0 aliphatic carbocycles. The smallest absolute Gasteiger partial charge is 0.237 e. The molecule has 0 atom stereocenters. The molecule has 1 rings (SSSR count). The van der Waals surface area contributed by atoms with Crippen LogP contribution in [0.5, 0.6) is 5.88 Å². The predicted octanol–water partition coefficient (Wildman–Crippen LogP) is 2.15. The van der Waals surface area contributed by atoms with Crippen molar-refractivity contribution in [2.75, 3.05) is 5.73 Å². The number of hydrogen-bond acceptors (Lipinski definition) is 3. The van der Waals surface area contributed by atoms with E-state index in [-0.39, 0.29) is 5.60 Å². The summed E-state index contributed by atoms with van der Waals surface area (Å²) >= 11 is 0. The van der Waals surface area contributed by atoms with Gasteiger partial charge in [-0.2, -0.15) is 0 Å². The van der Waals surface area contributed by atoms with Gasteiger partial charge in [0.2, 0.25) is 5.88 Å². The molecule has 1 aromatic heterocycles. The molecule has 0 unspecified atom stereocenters. The first-order chi connectivity index (χ1) is 5.88. The number of pyridine rings is 1. The molecule has 0 aromatic carbocycles. The zero-order valence-electron chi connectivity index (χ0n) is 8.59. The Morgan fingerprint density at radius 3 is 2.46 bits per heavy atom. The van der Waals surface area contributed by atoms with Gasteiger partial charge in [-0.1, -0.05) is 0 Å². The average molecular weight is 180 g/mol. The van der Waals surface area contributed by atoms with Crippen molar-refractivity contribution in [3.05, 3.63) is 17.8 Å². The van der Waals surface area contributed by atoms with Gasteiger partial charge < -0.3 is 10.5 Å². The van der Waals surface area contributed by atoms with Crippen LogP contribution in [-0.2, 0) is 0 Å². The third kappa shape index (κ3) is 2.93. The van der Waals surface area contributed by atoms with E-state index in [2.05, 4.69) is 4.98 Å². The van der Waals surface area contributed by atoms with Crippen molar-refractivity contribution in [3.8, 4) is 5.88 Å². The maximum atomic E-state index is 5.71. The molecule has 0 spiro atoms. The van der Waals surface area contributed by atoms with E-state index in [4.69, 9.17) is 10.5 Å². The second-order valence-corrected chi connectivity index (χ2v) is 4.06. The van der Waals surface area contributed by atoms with Crippen molar-refractivity contribution >= 4 is 5.69 Å². The van der Waals surface area contributed by atoms with Gasteiger partial charge in [0.25, 0.3) is 0 Å². The van der Waals surface area contributed by atoms with Gasteiger partial charge in [0.15, 0.2) is 0 Å². The highest BCUT2D eigenvalue weighted by molar-refractivity contribution is 5.48. The molecule has 3 heteroatoms. The molecular weight excluding hydrogens is 164 g/mol. The topological polar surface area (TPSA) is 48.1 Å². The lowest BCUT2D eigenvalue weighted by Crippen LogP contribution is -2.24. The Bertz CT molecular complexity index is 302. The van der Waals surface area contributed by atoms with Crippen molar-refractivity contribution < 1.29 is 4.74 Å². The van der Waals surface area contributed by atoms with Crippen molar-refractivity contribution in [3.63, 3.8) is 0 Å². The summed E-state index contributed by atoms with van der Waals surface area (Å²) in [6.45, 7) is 7.82. The van der Waals surface area contributed by atoms with E-state index in [0.717, 1.165) is 5.69 Å². The largest absolute Gasteiger partial charge is 0.470 e. The molecule has 0 fully saturated rings. The lowest BCUT2D eigenvalue weighted by molar-refractivity contribution is 0.125. The van der Waals surface area contributed by atoms with Crippen molar-refractivity contribution in [1.82, 2.24) is 4.98 Å². The first-order valence-corrected chi connectivity index (χ1v) is 4.30. The number of aromatic nitrogens is 1. The van der Waals surface area contributed by atoms with Gasteiger partial charge in [0, 0.05) is 5.69 Å². The average Bonchev–Trinajstić information content (AvgIpc) is 1.94. The predicted molar refractivity (Wildman–Crippen MR) is 53.8 cm³/mol. The van der Waals surface area contributed by atoms with Crippen LogP contribution in [0.1, 0.15) is 26.5 Å². The van der Waals surface area contributed by atoms with Gasteiger partial charge in [-0.3, -0.25) is 0 Å². The van der Waals surface area contributed by atoms with Gasteiger partial charge in [0.05, 0.1) is 5.69 Å². The van der Waals surface area contributed by atoms with E-state index in [9.17, 15) is 0 Å². The second-order valence-electron chi connectivity index (χ2n) is 4.06. The number of aryl methyl sites for hydroxylation is 1. The Morgan fingerprint density at radius 1 is 1.31 bits per heavy atom. The molecule has 2 N–H and O–H groups in total. The minimum Gasteiger partial charge on any atom is -0.470 e. The molecule has 0 bridgehead atoms. The minimum atomic E-state index is -0.255. The van der Waals surface area contributed by atoms with Crippen LogP contribution >= 0.6 is 0 Å². The van der Waals surface area contributed by atoms with E-state index >= 15 is 0 Å². The highest BCUT2D eigenvalue weighted by atomic mass is 16.5. The van der Waals surface area contributed by atoms with Crippen LogP contribution in [0.15, 0.2) is 12.1 Å². The minimum absolute atomic E-state index is 0.255. The number of rotatable bonds is 1. The summed E-state index contributed by atoms with van der Waals surface area (Å²) in [5.41, 5.74) is 6.95. The molecular formula is C10H16N2O. The standard InChI is InChI=1S/C10H16N2O/c1-7-5-6-8(11)9(12-7)13-10(2,3)4/h5-6H,11H2,1-4H3. The number of anilines is 1. The third-order valence-corrected chi connectivity index (χ3v) is 1.43. The molecule has 13 heavy (non-hydrogen) atoms. The Hall–Kier alpha value is -1.25. The first-order valence-electron chi connectivity index (χ1n) is 4.30. The molecule has 0 saturated heterocycles. The maximum Gasteiger partial charge on any atom is 0.237 e. The SMILES string of the molecule is Cc1ccc(N)c(OC(C)(C)C)n1. The van der Waals surface area contributed by atoms with Crippen LogP contribution < -0.4 is 10.5 Å². The molecule has 0 saturated carbocycles. The molecule has 0 amide bonds. The van der Waals surface area contributed by atoms with E-state index < -0.39 is 0 Å². The molecule has 1 heterocycles. The van der Waals surface area contributed by atoms with Gasteiger partial charge in [-0.05, 0) is 39.8 Å². The van der Waals surface area contributed by atoms with Crippen molar-refractivity contribution in [2.24, 2.45) is 0 Å². The number of nitrogens with zero attached hydrogens (tertiary/aromatic N) is 1. The number of hydrogen-bond donors (Lipinski definition) is 1. The molecule has 1 aromatic rings. The zero-order chi connectivity index (χ0) is 10.1. The van der Waals surface area contributed by atoms with E-state index in [1.165, 1.54) is 0 Å². The summed E-state index contributed by atoms with van der Waals surface area (Å²) in [4.78, 5) is 4.21. The molecule has 0 aliphatic rings. The fraction of sp³-hybridized carbons (Fsp3) is 0.500. The van der Waals surface area contributed by atoms with Gasteiger partial charge in [-0.15, -0.1) is 0 Å².